The molecule has 0 radical (unpaired) electrons. The number of aliphatic carboxylic acids is 1. The fourth-order valence-corrected chi connectivity index (χ4v) is 3.14. The Bertz CT molecular complexity index is 374. The summed E-state index contributed by atoms with van der Waals surface area (Å²) in [7, 11) is 1.74. The molecule has 2 aliphatic rings. The number of rotatable bonds is 4. The second kappa shape index (κ2) is 5.12. The molecule has 1 saturated carbocycles. The van der Waals surface area contributed by atoms with Gasteiger partial charge in [0.15, 0.2) is 0 Å². The highest BCUT2D eigenvalue weighted by atomic mass is 16.5. The van der Waals surface area contributed by atoms with Crippen LogP contribution < -0.4 is 0 Å². The van der Waals surface area contributed by atoms with Crippen LogP contribution >= 0.6 is 0 Å². The number of hydrogen-bond acceptors (Lipinski definition) is 3. The molecule has 1 aliphatic heterocycles. The number of hydrogen-bond donors (Lipinski definition) is 1. The van der Waals surface area contributed by atoms with E-state index in [2.05, 4.69) is 0 Å². The van der Waals surface area contributed by atoms with Gasteiger partial charge in [-0.2, -0.15) is 0 Å². The maximum absolute atomic E-state index is 12.3. The number of carboxylic acid groups (broad SMARTS) is 1. The highest BCUT2D eigenvalue weighted by molar-refractivity contribution is 5.91. The molecule has 1 aliphatic carbocycles. The maximum atomic E-state index is 12.3. The zero-order valence-corrected chi connectivity index (χ0v) is 11.9. The van der Waals surface area contributed by atoms with E-state index in [1.54, 1.807) is 11.9 Å². The Morgan fingerprint density at radius 3 is 2.47 bits per heavy atom. The third kappa shape index (κ3) is 2.76. The van der Waals surface area contributed by atoms with Crippen molar-refractivity contribution in [3.8, 4) is 0 Å². The van der Waals surface area contributed by atoms with Crippen molar-refractivity contribution in [1.29, 1.82) is 0 Å². The molecule has 3 atom stereocenters. The fraction of sp³-hybridized carbons (Fsp3) is 0.857. The SMILES string of the molecule is CN(CC1CCCCO1)C(=O)[C@H]1[C@@H](C(=O)O)C1(C)C. The van der Waals surface area contributed by atoms with Crippen LogP contribution in [-0.2, 0) is 14.3 Å². The molecule has 0 aromatic carbocycles. The van der Waals surface area contributed by atoms with Crippen molar-refractivity contribution in [2.24, 2.45) is 17.3 Å². The molecule has 1 heterocycles. The first-order chi connectivity index (χ1) is 8.85. The Labute approximate surface area is 113 Å². The van der Waals surface area contributed by atoms with Gasteiger partial charge in [-0.3, -0.25) is 9.59 Å². The Morgan fingerprint density at radius 1 is 1.32 bits per heavy atom. The summed E-state index contributed by atoms with van der Waals surface area (Å²) >= 11 is 0. The van der Waals surface area contributed by atoms with Crippen LogP contribution in [0.5, 0.6) is 0 Å². The van der Waals surface area contributed by atoms with Crippen LogP contribution in [0.15, 0.2) is 0 Å². The van der Waals surface area contributed by atoms with Gasteiger partial charge in [0, 0.05) is 20.2 Å². The van der Waals surface area contributed by atoms with Crippen molar-refractivity contribution in [3.63, 3.8) is 0 Å². The zero-order valence-electron chi connectivity index (χ0n) is 11.9. The average molecular weight is 269 g/mol. The van der Waals surface area contributed by atoms with Crippen molar-refractivity contribution < 1.29 is 19.4 Å². The van der Waals surface area contributed by atoms with Gasteiger partial charge in [0.2, 0.25) is 5.91 Å². The van der Waals surface area contributed by atoms with Gasteiger partial charge in [-0.25, -0.2) is 0 Å². The Kier molecular flexibility index (Phi) is 3.85. The van der Waals surface area contributed by atoms with E-state index in [0.29, 0.717) is 6.54 Å². The van der Waals surface area contributed by atoms with E-state index in [1.807, 2.05) is 13.8 Å². The Morgan fingerprint density at radius 2 is 2.00 bits per heavy atom. The molecule has 0 aromatic rings. The number of carbonyl (C=O) groups is 2. The van der Waals surface area contributed by atoms with Gasteiger partial charge >= 0.3 is 5.97 Å². The average Bonchev–Trinajstić information content (AvgIpc) is 2.92. The third-order valence-electron chi connectivity index (χ3n) is 4.49. The largest absolute Gasteiger partial charge is 0.481 e. The molecule has 1 N–H and O–H groups in total. The molecule has 108 valence electrons. The maximum Gasteiger partial charge on any atom is 0.307 e. The quantitative estimate of drug-likeness (QED) is 0.837. The van der Waals surface area contributed by atoms with Gasteiger partial charge in [0.1, 0.15) is 0 Å². The normalized spacial score (nSPS) is 32.7. The summed E-state index contributed by atoms with van der Waals surface area (Å²) < 4.78 is 5.61. The number of nitrogens with zero attached hydrogens (tertiary/aromatic N) is 1. The lowest BCUT2D eigenvalue weighted by Gasteiger charge is -2.27. The third-order valence-corrected chi connectivity index (χ3v) is 4.49. The minimum absolute atomic E-state index is 0.0634. The number of amides is 1. The molecule has 1 unspecified atom stereocenters. The van der Waals surface area contributed by atoms with E-state index in [-0.39, 0.29) is 12.0 Å². The van der Waals surface area contributed by atoms with Crippen molar-refractivity contribution in [2.75, 3.05) is 20.2 Å². The number of carbonyl (C=O) groups excluding carboxylic acids is 1. The van der Waals surface area contributed by atoms with Crippen LogP contribution in [0.1, 0.15) is 33.1 Å². The van der Waals surface area contributed by atoms with E-state index >= 15 is 0 Å². The van der Waals surface area contributed by atoms with Gasteiger partial charge in [0.05, 0.1) is 17.9 Å². The molecule has 19 heavy (non-hydrogen) atoms. The van der Waals surface area contributed by atoms with Crippen molar-refractivity contribution in [3.05, 3.63) is 0 Å². The first kappa shape index (κ1) is 14.3. The minimum Gasteiger partial charge on any atom is -0.481 e. The summed E-state index contributed by atoms with van der Waals surface area (Å²) in [4.78, 5) is 25.1. The number of carboxylic acids is 1. The van der Waals surface area contributed by atoms with Crippen molar-refractivity contribution in [2.45, 2.75) is 39.2 Å². The van der Waals surface area contributed by atoms with Crippen LogP contribution in [0.25, 0.3) is 0 Å². The molecular weight excluding hydrogens is 246 g/mol. The summed E-state index contributed by atoms with van der Waals surface area (Å²) in [6.07, 6.45) is 3.31. The van der Waals surface area contributed by atoms with Crippen LogP contribution in [0.2, 0.25) is 0 Å². The molecule has 5 nitrogen and oxygen atoms in total. The van der Waals surface area contributed by atoms with Crippen LogP contribution in [0.3, 0.4) is 0 Å². The topological polar surface area (TPSA) is 66.8 Å². The smallest absolute Gasteiger partial charge is 0.307 e. The zero-order chi connectivity index (χ0) is 14.2. The second-order valence-electron chi connectivity index (χ2n) is 6.32. The fourth-order valence-electron chi connectivity index (χ4n) is 3.14. The highest BCUT2D eigenvalue weighted by Crippen LogP contribution is 2.58. The van der Waals surface area contributed by atoms with Gasteiger partial charge < -0.3 is 14.7 Å². The summed E-state index contributed by atoms with van der Waals surface area (Å²) in [5.74, 6) is -1.87. The molecule has 1 saturated heterocycles. The monoisotopic (exact) mass is 269 g/mol. The van der Waals surface area contributed by atoms with Gasteiger partial charge in [-0.05, 0) is 24.7 Å². The van der Waals surface area contributed by atoms with E-state index in [4.69, 9.17) is 9.84 Å². The van der Waals surface area contributed by atoms with E-state index in [0.717, 1.165) is 25.9 Å². The van der Waals surface area contributed by atoms with Gasteiger partial charge in [-0.15, -0.1) is 0 Å². The number of ether oxygens (including phenoxy) is 1. The number of likely N-dealkylation sites (N-methyl/N-ethyl adjacent to an activating group) is 1. The minimum atomic E-state index is -0.870. The van der Waals surface area contributed by atoms with Crippen LogP contribution in [0.4, 0.5) is 0 Å². The first-order valence-corrected chi connectivity index (χ1v) is 6.95. The summed E-state index contributed by atoms with van der Waals surface area (Å²) in [5, 5.41) is 9.12. The van der Waals surface area contributed by atoms with Gasteiger partial charge in [0.25, 0.3) is 0 Å². The van der Waals surface area contributed by atoms with Crippen LogP contribution in [-0.4, -0.2) is 48.2 Å². The summed E-state index contributed by atoms with van der Waals surface area (Å²) in [5.41, 5.74) is -0.426. The van der Waals surface area contributed by atoms with Crippen LogP contribution in [0, 0.1) is 17.3 Å². The molecule has 0 aromatic heterocycles. The van der Waals surface area contributed by atoms with Crippen molar-refractivity contribution >= 4 is 11.9 Å². The lowest BCUT2D eigenvalue weighted by Crippen LogP contribution is -2.38. The molecule has 2 rings (SSSR count). The summed E-state index contributed by atoms with van der Waals surface area (Å²) in [6.45, 7) is 5.02. The lowest BCUT2D eigenvalue weighted by atomic mass is 10.1. The van der Waals surface area contributed by atoms with E-state index < -0.39 is 23.2 Å². The Balaban J connectivity index is 1.91. The second-order valence-corrected chi connectivity index (χ2v) is 6.32. The highest BCUT2D eigenvalue weighted by Gasteiger charge is 2.66. The Hall–Kier alpha value is -1.10. The van der Waals surface area contributed by atoms with E-state index in [9.17, 15) is 9.59 Å². The molecular formula is C14H23NO4. The lowest BCUT2D eigenvalue weighted by molar-refractivity contribution is -0.142. The molecule has 0 spiro atoms. The van der Waals surface area contributed by atoms with Gasteiger partial charge in [-0.1, -0.05) is 13.8 Å². The van der Waals surface area contributed by atoms with Crippen molar-refractivity contribution in [1.82, 2.24) is 4.90 Å². The first-order valence-electron chi connectivity index (χ1n) is 6.95. The summed E-state index contributed by atoms with van der Waals surface area (Å²) in [6, 6.07) is 0. The molecule has 0 bridgehead atoms. The molecule has 2 fully saturated rings. The predicted molar refractivity (Wildman–Crippen MR) is 69.6 cm³/mol. The molecule has 1 amide bonds. The molecule has 5 heteroatoms. The predicted octanol–water partition coefficient (Wildman–Crippen LogP) is 1.37. The van der Waals surface area contributed by atoms with E-state index in [1.165, 1.54) is 0 Å². The standard InChI is InChI=1S/C14H23NO4/c1-14(2)10(11(14)13(17)18)12(16)15(3)8-9-6-4-5-7-19-9/h9-11H,4-8H2,1-3H3,(H,17,18)/t9?,10-,11+/m1/s1.